The summed E-state index contributed by atoms with van der Waals surface area (Å²) in [6.07, 6.45) is 4.67. The zero-order valence-electron chi connectivity index (χ0n) is 17.3. The molecule has 5 heteroatoms. The van der Waals surface area contributed by atoms with Crippen LogP contribution in [0.15, 0.2) is 0 Å². The van der Waals surface area contributed by atoms with Crippen molar-refractivity contribution in [3.8, 4) is 0 Å². The summed E-state index contributed by atoms with van der Waals surface area (Å²) < 4.78 is 2.28. The Hall–Kier alpha value is -1.62. The van der Waals surface area contributed by atoms with Gasteiger partial charge in [-0.1, -0.05) is 20.8 Å². The number of aromatic nitrogens is 1. The fraction of sp³-hybridized carbons (Fsp3) is 0.727. The summed E-state index contributed by atoms with van der Waals surface area (Å²) >= 11 is 0. The zero-order valence-corrected chi connectivity index (χ0v) is 17.3. The van der Waals surface area contributed by atoms with Crippen molar-refractivity contribution in [3.63, 3.8) is 0 Å². The van der Waals surface area contributed by atoms with Crippen molar-refractivity contribution < 1.29 is 14.7 Å². The molecule has 0 bridgehead atoms. The number of nitrogens with zero attached hydrogens (tertiary/aromatic N) is 2. The predicted molar refractivity (Wildman–Crippen MR) is 106 cm³/mol. The second kappa shape index (κ2) is 7.78. The third-order valence-electron chi connectivity index (χ3n) is 6.23. The van der Waals surface area contributed by atoms with Crippen molar-refractivity contribution in [3.05, 3.63) is 22.5 Å². The lowest BCUT2D eigenvalue weighted by Crippen LogP contribution is -2.41. The highest BCUT2D eigenvalue weighted by Gasteiger charge is 2.37. The van der Waals surface area contributed by atoms with E-state index in [0.29, 0.717) is 19.4 Å². The molecule has 1 aromatic heterocycles. The molecule has 0 saturated carbocycles. The Morgan fingerprint density at radius 1 is 1.30 bits per heavy atom. The molecular weight excluding hydrogens is 340 g/mol. The number of likely N-dealkylation sites (tertiary alicyclic amines) is 1. The smallest absolute Gasteiger partial charge is 0.227 e. The Morgan fingerprint density at radius 3 is 2.70 bits per heavy atom. The van der Waals surface area contributed by atoms with Gasteiger partial charge in [0.15, 0.2) is 5.78 Å². The van der Waals surface area contributed by atoms with Gasteiger partial charge in [0, 0.05) is 49.6 Å². The van der Waals surface area contributed by atoms with Crippen LogP contribution in [-0.2, 0) is 24.2 Å². The molecule has 0 aromatic carbocycles. The van der Waals surface area contributed by atoms with E-state index in [1.54, 1.807) is 0 Å². The first kappa shape index (κ1) is 20.1. The minimum absolute atomic E-state index is 0.0249. The highest BCUT2D eigenvalue weighted by Crippen LogP contribution is 2.39. The van der Waals surface area contributed by atoms with Crippen LogP contribution in [0.2, 0.25) is 0 Å². The van der Waals surface area contributed by atoms with Crippen LogP contribution >= 0.6 is 0 Å². The van der Waals surface area contributed by atoms with Gasteiger partial charge in [-0.2, -0.15) is 0 Å². The Labute approximate surface area is 162 Å². The number of carbonyl (C=O) groups excluding carboxylic acids is 2. The topological polar surface area (TPSA) is 62.5 Å². The van der Waals surface area contributed by atoms with Crippen LogP contribution in [0.5, 0.6) is 0 Å². The Kier molecular flexibility index (Phi) is 5.80. The van der Waals surface area contributed by atoms with Gasteiger partial charge >= 0.3 is 0 Å². The highest BCUT2D eigenvalue weighted by molar-refractivity contribution is 6.01. The van der Waals surface area contributed by atoms with E-state index < -0.39 is 0 Å². The van der Waals surface area contributed by atoms with Crippen LogP contribution in [0, 0.1) is 18.3 Å². The van der Waals surface area contributed by atoms with Crippen LogP contribution in [0.4, 0.5) is 0 Å². The van der Waals surface area contributed by atoms with Gasteiger partial charge in [0.1, 0.15) is 0 Å². The van der Waals surface area contributed by atoms with Crippen molar-refractivity contribution in [2.24, 2.45) is 11.3 Å². The van der Waals surface area contributed by atoms with Crippen LogP contribution < -0.4 is 0 Å². The standard InChI is InChI=1S/C22H34N2O3/c1-5-8-24-15(2)17(21-18(24)11-22(3,4)12-19(21)26)10-20(27)23-9-6-7-16(13-23)14-25/h16,25H,5-14H2,1-4H3/t16-/m0/s1. The summed E-state index contributed by atoms with van der Waals surface area (Å²) in [4.78, 5) is 27.8. The maximum absolute atomic E-state index is 13.0. The van der Waals surface area contributed by atoms with Gasteiger partial charge in [0.2, 0.25) is 5.91 Å². The normalized spacial score (nSPS) is 22.0. The van der Waals surface area contributed by atoms with Crippen molar-refractivity contribution in [1.82, 2.24) is 9.47 Å². The van der Waals surface area contributed by atoms with E-state index in [0.717, 1.165) is 61.3 Å². The second-order valence-electron chi connectivity index (χ2n) is 9.19. The molecule has 150 valence electrons. The van der Waals surface area contributed by atoms with E-state index >= 15 is 0 Å². The molecular formula is C22H34N2O3. The molecule has 1 N–H and O–H groups in total. The number of hydrogen-bond donors (Lipinski definition) is 1. The average molecular weight is 375 g/mol. The van der Waals surface area contributed by atoms with Crippen molar-refractivity contribution in [1.29, 1.82) is 0 Å². The van der Waals surface area contributed by atoms with Crippen LogP contribution in [0.1, 0.15) is 73.8 Å². The molecule has 1 saturated heterocycles. The predicted octanol–water partition coefficient (Wildman–Crippen LogP) is 3.14. The molecule has 1 atom stereocenters. The number of aliphatic hydroxyl groups excluding tert-OH is 1. The van der Waals surface area contributed by atoms with E-state index in [2.05, 4.69) is 32.3 Å². The number of ketones is 1. The molecule has 5 nitrogen and oxygen atoms in total. The van der Waals surface area contributed by atoms with Crippen LogP contribution in [0.25, 0.3) is 0 Å². The third kappa shape index (κ3) is 3.98. The number of fused-ring (bicyclic) bond motifs is 1. The number of rotatable bonds is 5. The maximum atomic E-state index is 13.0. The largest absolute Gasteiger partial charge is 0.396 e. The molecule has 1 amide bonds. The average Bonchev–Trinajstić information content (AvgIpc) is 2.86. The SMILES string of the molecule is CCCn1c(C)c(CC(=O)N2CCC[C@H](CO)C2)c2c1CC(C)(C)CC2=O. The lowest BCUT2D eigenvalue weighted by Gasteiger charge is -2.32. The van der Waals surface area contributed by atoms with Gasteiger partial charge in [-0.3, -0.25) is 9.59 Å². The van der Waals surface area contributed by atoms with Crippen molar-refractivity contribution in [2.75, 3.05) is 19.7 Å². The first-order valence-corrected chi connectivity index (χ1v) is 10.4. The minimum Gasteiger partial charge on any atom is -0.396 e. The number of hydrogen-bond acceptors (Lipinski definition) is 3. The Morgan fingerprint density at radius 2 is 2.04 bits per heavy atom. The molecule has 2 aliphatic rings. The number of Topliss-reactive ketones (excluding diaryl/α,β-unsaturated/α-hetero) is 1. The number of amides is 1. The van der Waals surface area contributed by atoms with Gasteiger partial charge in [-0.25, -0.2) is 0 Å². The van der Waals surface area contributed by atoms with Gasteiger partial charge in [-0.05, 0) is 49.5 Å². The first-order valence-electron chi connectivity index (χ1n) is 10.4. The molecule has 3 rings (SSSR count). The number of aliphatic hydroxyl groups is 1. The zero-order chi connectivity index (χ0) is 19.8. The van der Waals surface area contributed by atoms with E-state index in [1.165, 1.54) is 0 Å². The van der Waals surface area contributed by atoms with Gasteiger partial charge in [0.05, 0.1) is 6.42 Å². The first-order chi connectivity index (χ1) is 12.8. The van der Waals surface area contributed by atoms with Crippen molar-refractivity contribution in [2.45, 2.75) is 72.8 Å². The van der Waals surface area contributed by atoms with Crippen molar-refractivity contribution >= 4 is 11.7 Å². The van der Waals surface area contributed by atoms with Crippen LogP contribution in [-0.4, -0.2) is 46.0 Å². The molecule has 1 fully saturated rings. The quantitative estimate of drug-likeness (QED) is 0.861. The van der Waals surface area contributed by atoms with E-state index in [1.807, 2.05) is 4.90 Å². The molecule has 0 spiro atoms. The van der Waals surface area contributed by atoms with Gasteiger partial charge < -0.3 is 14.6 Å². The molecule has 0 unspecified atom stereocenters. The molecule has 1 aliphatic heterocycles. The van der Waals surface area contributed by atoms with E-state index in [-0.39, 0.29) is 29.6 Å². The number of carbonyl (C=O) groups is 2. The monoisotopic (exact) mass is 374 g/mol. The summed E-state index contributed by atoms with van der Waals surface area (Å²) in [6, 6.07) is 0. The molecule has 2 heterocycles. The Bertz CT molecular complexity index is 732. The maximum Gasteiger partial charge on any atom is 0.227 e. The van der Waals surface area contributed by atoms with E-state index in [9.17, 15) is 14.7 Å². The number of piperidine rings is 1. The molecule has 0 radical (unpaired) electrons. The summed E-state index contributed by atoms with van der Waals surface area (Å²) in [5.74, 6) is 0.462. The minimum atomic E-state index is -0.0249. The summed E-state index contributed by atoms with van der Waals surface area (Å²) in [7, 11) is 0. The molecule has 1 aromatic rings. The fourth-order valence-corrected chi connectivity index (χ4v) is 4.85. The Balaban J connectivity index is 1.92. The highest BCUT2D eigenvalue weighted by atomic mass is 16.3. The lowest BCUT2D eigenvalue weighted by atomic mass is 9.75. The lowest BCUT2D eigenvalue weighted by molar-refractivity contribution is -0.132. The van der Waals surface area contributed by atoms with Gasteiger partial charge in [-0.15, -0.1) is 0 Å². The summed E-state index contributed by atoms with van der Waals surface area (Å²) in [6.45, 7) is 10.9. The van der Waals surface area contributed by atoms with Crippen LogP contribution in [0.3, 0.4) is 0 Å². The fourth-order valence-electron chi connectivity index (χ4n) is 4.85. The summed E-state index contributed by atoms with van der Waals surface area (Å²) in [5.41, 5.74) is 3.95. The summed E-state index contributed by atoms with van der Waals surface area (Å²) in [5, 5.41) is 9.44. The van der Waals surface area contributed by atoms with Gasteiger partial charge in [0.25, 0.3) is 0 Å². The van der Waals surface area contributed by atoms with E-state index in [4.69, 9.17) is 0 Å². The third-order valence-corrected chi connectivity index (χ3v) is 6.23. The molecule has 1 aliphatic carbocycles. The molecule has 27 heavy (non-hydrogen) atoms. The second-order valence-corrected chi connectivity index (χ2v) is 9.19.